The molecular formula is C15H21F2NO. The molecule has 0 aliphatic heterocycles. The zero-order chi connectivity index (χ0) is 14.1. The van der Waals surface area contributed by atoms with Crippen molar-refractivity contribution in [1.29, 1.82) is 0 Å². The lowest BCUT2D eigenvalue weighted by Gasteiger charge is -2.31. The minimum absolute atomic E-state index is 0.0489. The van der Waals surface area contributed by atoms with Crippen LogP contribution in [0, 0.1) is 0 Å². The van der Waals surface area contributed by atoms with Crippen LogP contribution < -0.4 is 10.5 Å². The zero-order valence-electron chi connectivity index (χ0n) is 11.5. The van der Waals surface area contributed by atoms with E-state index in [0.717, 1.165) is 38.2 Å². The Hall–Kier alpha value is -1.16. The maximum absolute atomic E-state index is 13.7. The first-order valence-corrected chi connectivity index (χ1v) is 6.70. The molecule has 1 fully saturated rings. The lowest BCUT2D eigenvalue weighted by molar-refractivity contribution is 0.0148. The van der Waals surface area contributed by atoms with Crippen LogP contribution in [0.15, 0.2) is 18.2 Å². The number of methoxy groups -OCH3 is 1. The molecule has 1 aromatic rings. The smallest absolute Gasteiger partial charge is 0.274 e. The molecule has 19 heavy (non-hydrogen) atoms. The van der Waals surface area contributed by atoms with E-state index in [0.29, 0.717) is 12.3 Å². The van der Waals surface area contributed by atoms with Gasteiger partial charge in [0.1, 0.15) is 5.75 Å². The quantitative estimate of drug-likeness (QED) is 0.906. The standard InChI is InChI=1S/C15H21F2NO/c1-14(16,17)11-6-5-7-12(13(11)19-2)15(10-18)8-3-4-9-15/h5-7H,3-4,8-10,18H2,1-2H3. The van der Waals surface area contributed by atoms with Crippen molar-refractivity contribution in [2.24, 2.45) is 5.73 Å². The average Bonchev–Trinajstić information content (AvgIpc) is 2.86. The second kappa shape index (κ2) is 5.08. The molecule has 0 atom stereocenters. The summed E-state index contributed by atoms with van der Waals surface area (Å²) in [5.41, 5.74) is 6.53. The van der Waals surface area contributed by atoms with E-state index in [4.69, 9.17) is 10.5 Å². The van der Waals surface area contributed by atoms with Gasteiger partial charge in [0.25, 0.3) is 5.92 Å². The first-order valence-electron chi connectivity index (χ1n) is 6.70. The number of hydrogen-bond acceptors (Lipinski definition) is 2. The van der Waals surface area contributed by atoms with Gasteiger partial charge >= 0.3 is 0 Å². The van der Waals surface area contributed by atoms with Gasteiger partial charge in [-0.15, -0.1) is 0 Å². The first-order chi connectivity index (χ1) is 8.94. The summed E-state index contributed by atoms with van der Waals surface area (Å²) in [6.45, 7) is 1.38. The maximum Gasteiger partial charge on any atom is 0.274 e. The fourth-order valence-electron chi connectivity index (χ4n) is 3.16. The number of benzene rings is 1. The molecule has 1 aliphatic carbocycles. The molecule has 0 saturated heterocycles. The van der Waals surface area contributed by atoms with E-state index in [2.05, 4.69) is 0 Å². The minimum atomic E-state index is -2.91. The van der Waals surface area contributed by atoms with Crippen LogP contribution in [0.3, 0.4) is 0 Å². The molecular weight excluding hydrogens is 248 g/mol. The Morgan fingerprint density at radius 2 is 1.95 bits per heavy atom. The molecule has 0 radical (unpaired) electrons. The van der Waals surface area contributed by atoms with Gasteiger partial charge in [0.2, 0.25) is 0 Å². The number of halogens is 2. The summed E-state index contributed by atoms with van der Waals surface area (Å²) in [6, 6.07) is 4.99. The number of para-hydroxylation sites is 1. The van der Waals surface area contributed by atoms with Crippen molar-refractivity contribution in [2.75, 3.05) is 13.7 Å². The van der Waals surface area contributed by atoms with Crippen LogP contribution in [0.5, 0.6) is 5.75 Å². The van der Waals surface area contributed by atoms with Crippen molar-refractivity contribution in [3.8, 4) is 5.75 Å². The Labute approximate surface area is 112 Å². The highest BCUT2D eigenvalue weighted by molar-refractivity contribution is 5.48. The zero-order valence-corrected chi connectivity index (χ0v) is 11.5. The largest absolute Gasteiger partial charge is 0.496 e. The van der Waals surface area contributed by atoms with E-state index < -0.39 is 5.92 Å². The number of hydrogen-bond donors (Lipinski definition) is 1. The van der Waals surface area contributed by atoms with Gasteiger partial charge in [0.05, 0.1) is 12.7 Å². The van der Waals surface area contributed by atoms with Crippen LogP contribution in [-0.2, 0) is 11.3 Å². The third-order valence-electron chi connectivity index (χ3n) is 4.21. The predicted molar refractivity (Wildman–Crippen MR) is 71.8 cm³/mol. The Morgan fingerprint density at radius 1 is 1.32 bits per heavy atom. The van der Waals surface area contributed by atoms with Gasteiger partial charge in [-0.05, 0) is 18.9 Å². The second-order valence-corrected chi connectivity index (χ2v) is 5.47. The summed E-state index contributed by atoms with van der Waals surface area (Å²) in [4.78, 5) is 0. The van der Waals surface area contributed by atoms with E-state index in [1.165, 1.54) is 13.2 Å². The van der Waals surface area contributed by atoms with Crippen LogP contribution in [0.4, 0.5) is 8.78 Å². The van der Waals surface area contributed by atoms with Gasteiger partial charge < -0.3 is 10.5 Å². The Bertz CT molecular complexity index is 448. The number of ether oxygens (including phenoxy) is 1. The lowest BCUT2D eigenvalue weighted by Crippen LogP contribution is -2.33. The first kappa shape index (κ1) is 14.3. The molecule has 0 heterocycles. The van der Waals surface area contributed by atoms with Crippen LogP contribution in [0.1, 0.15) is 43.7 Å². The summed E-state index contributed by atoms with van der Waals surface area (Å²) >= 11 is 0. The van der Waals surface area contributed by atoms with E-state index in [9.17, 15) is 8.78 Å². The lowest BCUT2D eigenvalue weighted by atomic mass is 9.77. The molecule has 0 amide bonds. The Kier molecular flexibility index (Phi) is 3.81. The molecule has 0 aromatic heterocycles. The summed E-state index contributed by atoms with van der Waals surface area (Å²) < 4.78 is 32.7. The second-order valence-electron chi connectivity index (χ2n) is 5.47. The van der Waals surface area contributed by atoms with Gasteiger partial charge in [0, 0.05) is 24.4 Å². The van der Waals surface area contributed by atoms with Crippen LogP contribution >= 0.6 is 0 Å². The van der Waals surface area contributed by atoms with Crippen molar-refractivity contribution in [3.05, 3.63) is 29.3 Å². The van der Waals surface area contributed by atoms with Gasteiger partial charge in [-0.1, -0.05) is 25.0 Å². The molecule has 1 aliphatic rings. The normalized spacial score (nSPS) is 18.6. The molecule has 2 N–H and O–H groups in total. The highest BCUT2D eigenvalue weighted by Gasteiger charge is 2.39. The highest BCUT2D eigenvalue weighted by atomic mass is 19.3. The van der Waals surface area contributed by atoms with E-state index in [-0.39, 0.29) is 11.0 Å². The summed E-state index contributed by atoms with van der Waals surface area (Å²) in [7, 11) is 1.45. The molecule has 106 valence electrons. The van der Waals surface area contributed by atoms with E-state index in [1.807, 2.05) is 6.07 Å². The number of rotatable bonds is 4. The van der Waals surface area contributed by atoms with Gasteiger partial charge in [-0.2, -0.15) is 0 Å². The number of alkyl halides is 2. The molecule has 1 aromatic carbocycles. The average molecular weight is 269 g/mol. The molecule has 0 bridgehead atoms. The maximum atomic E-state index is 13.7. The SMILES string of the molecule is COc1c(C(C)(F)F)cccc1C1(CN)CCCC1. The third-order valence-corrected chi connectivity index (χ3v) is 4.21. The summed E-state index contributed by atoms with van der Waals surface area (Å²) in [6.07, 6.45) is 4.07. The monoisotopic (exact) mass is 269 g/mol. The molecule has 0 unspecified atom stereocenters. The van der Waals surface area contributed by atoms with Crippen molar-refractivity contribution in [3.63, 3.8) is 0 Å². The molecule has 2 rings (SSSR count). The predicted octanol–water partition coefficient (Wildman–Crippen LogP) is 3.58. The Balaban J connectivity index is 2.57. The Morgan fingerprint density at radius 3 is 2.42 bits per heavy atom. The van der Waals surface area contributed by atoms with E-state index >= 15 is 0 Å². The van der Waals surface area contributed by atoms with Crippen LogP contribution in [0.25, 0.3) is 0 Å². The summed E-state index contributed by atoms with van der Waals surface area (Å²) in [5, 5.41) is 0. The summed E-state index contributed by atoms with van der Waals surface area (Å²) in [5.74, 6) is -2.60. The van der Waals surface area contributed by atoms with Crippen LogP contribution in [-0.4, -0.2) is 13.7 Å². The van der Waals surface area contributed by atoms with Crippen molar-refractivity contribution >= 4 is 0 Å². The fourth-order valence-corrected chi connectivity index (χ4v) is 3.16. The molecule has 2 nitrogen and oxygen atoms in total. The van der Waals surface area contributed by atoms with E-state index in [1.54, 1.807) is 6.07 Å². The van der Waals surface area contributed by atoms with Gasteiger partial charge in [0.15, 0.2) is 0 Å². The minimum Gasteiger partial charge on any atom is -0.496 e. The fraction of sp³-hybridized carbons (Fsp3) is 0.600. The third kappa shape index (κ3) is 2.46. The van der Waals surface area contributed by atoms with Gasteiger partial charge in [-0.3, -0.25) is 0 Å². The van der Waals surface area contributed by atoms with Crippen molar-refractivity contribution in [2.45, 2.75) is 43.9 Å². The highest BCUT2D eigenvalue weighted by Crippen LogP contribution is 2.47. The van der Waals surface area contributed by atoms with Gasteiger partial charge in [-0.25, -0.2) is 8.78 Å². The van der Waals surface area contributed by atoms with Crippen LogP contribution in [0.2, 0.25) is 0 Å². The molecule has 4 heteroatoms. The molecule has 1 saturated carbocycles. The topological polar surface area (TPSA) is 35.2 Å². The van der Waals surface area contributed by atoms with Crippen molar-refractivity contribution in [1.82, 2.24) is 0 Å². The van der Waals surface area contributed by atoms with Crippen molar-refractivity contribution < 1.29 is 13.5 Å². The number of nitrogens with two attached hydrogens (primary N) is 1. The molecule has 0 spiro atoms.